The van der Waals surface area contributed by atoms with E-state index < -0.39 is 24.3 Å². The normalized spacial score (nSPS) is 18.0. The topological polar surface area (TPSA) is 184 Å². The Morgan fingerprint density at radius 2 is 1.52 bits per heavy atom. The van der Waals surface area contributed by atoms with Gasteiger partial charge in [0.2, 0.25) is 5.91 Å². The molecule has 4 atom stereocenters. The Kier molecular flexibility index (Phi) is 10.6. The lowest BCUT2D eigenvalue weighted by atomic mass is 9.92. The fourth-order valence-electron chi connectivity index (χ4n) is 9.07. The minimum absolute atomic E-state index is 0.120. The number of hydrogen-bond acceptors (Lipinski definition) is 9. The first-order valence-electron chi connectivity index (χ1n) is 20.7. The molecule has 2 aromatic heterocycles. The first kappa shape index (κ1) is 39.6. The summed E-state index contributed by atoms with van der Waals surface area (Å²) in [6.45, 7) is 5.29. The highest BCUT2D eigenvalue weighted by molar-refractivity contribution is 6.07. The molecule has 0 aliphatic carbocycles. The van der Waals surface area contributed by atoms with Crippen molar-refractivity contribution in [2.24, 2.45) is 5.92 Å². The van der Waals surface area contributed by atoms with E-state index >= 15 is 0 Å². The lowest BCUT2D eigenvalue weighted by Crippen LogP contribution is -2.51. The number of benzene rings is 4. The van der Waals surface area contributed by atoms with Crippen LogP contribution in [0.5, 0.6) is 5.75 Å². The van der Waals surface area contributed by atoms with Gasteiger partial charge in [-0.25, -0.2) is 19.6 Å². The number of aromatic amines is 2. The average Bonchev–Trinajstić information content (AvgIpc) is 4.13. The number of aromatic nitrogens is 4. The summed E-state index contributed by atoms with van der Waals surface area (Å²) in [6.07, 6.45) is 3.63. The van der Waals surface area contributed by atoms with E-state index in [2.05, 4.69) is 57.0 Å². The van der Waals surface area contributed by atoms with Crippen LogP contribution < -0.4 is 15.4 Å². The maximum Gasteiger partial charge on any atom is 0.407 e. The molecule has 0 radical (unpaired) electrons. The second-order valence-corrected chi connectivity index (χ2v) is 16.2. The molecule has 9 rings (SSSR count). The zero-order valence-electron chi connectivity index (χ0n) is 34.5. The molecule has 2 saturated heterocycles. The molecule has 4 amide bonds. The van der Waals surface area contributed by atoms with Crippen molar-refractivity contribution in [3.8, 4) is 28.1 Å². The summed E-state index contributed by atoms with van der Waals surface area (Å²) in [5.74, 6) is 1.67. The number of carbonyl (C=O) groups is 4. The van der Waals surface area contributed by atoms with Gasteiger partial charge in [0.05, 0.1) is 49.2 Å². The van der Waals surface area contributed by atoms with Crippen LogP contribution in [0.2, 0.25) is 0 Å². The third-order valence-corrected chi connectivity index (χ3v) is 12.2. The highest BCUT2D eigenvalue weighted by Gasteiger charge is 2.39. The molecule has 61 heavy (non-hydrogen) atoms. The number of alkyl carbamates (subject to hydrolysis) is 2. The van der Waals surface area contributed by atoms with Gasteiger partial charge in [0.1, 0.15) is 36.1 Å². The summed E-state index contributed by atoms with van der Waals surface area (Å²) in [5, 5.41) is 7.38. The second kappa shape index (κ2) is 16.3. The molecular formula is C46H48N8O7. The molecule has 6 aromatic rings. The van der Waals surface area contributed by atoms with E-state index in [1.165, 1.54) is 14.2 Å². The number of carbonyl (C=O) groups excluding carboxylic acids is 4. The summed E-state index contributed by atoms with van der Waals surface area (Å²) in [5.41, 5.74) is 7.22. The van der Waals surface area contributed by atoms with E-state index in [4.69, 9.17) is 24.2 Å². The van der Waals surface area contributed by atoms with Crippen molar-refractivity contribution in [3.05, 3.63) is 102 Å². The van der Waals surface area contributed by atoms with Crippen LogP contribution in [-0.2, 0) is 25.7 Å². The van der Waals surface area contributed by atoms with Crippen LogP contribution in [0, 0.1) is 5.92 Å². The first-order valence-corrected chi connectivity index (χ1v) is 20.7. The van der Waals surface area contributed by atoms with Gasteiger partial charge in [-0.15, -0.1) is 0 Å². The number of ether oxygens (including phenoxy) is 3. The van der Waals surface area contributed by atoms with Gasteiger partial charge in [-0.05, 0) is 83.5 Å². The molecule has 15 heteroatoms. The number of methoxy groups -OCH3 is 2. The lowest BCUT2D eigenvalue weighted by Gasteiger charge is -2.30. The minimum atomic E-state index is -0.902. The number of amides is 4. The van der Waals surface area contributed by atoms with Crippen LogP contribution in [0.15, 0.2) is 79.0 Å². The van der Waals surface area contributed by atoms with E-state index in [1.807, 2.05) is 55.1 Å². The van der Waals surface area contributed by atoms with Gasteiger partial charge in [-0.3, -0.25) is 9.59 Å². The van der Waals surface area contributed by atoms with E-state index in [9.17, 15) is 19.2 Å². The molecular weight excluding hydrogens is 777 g/mol. The summed E-state index contributed by atoms with van der Waals surface area (Å²) in [4.78, 5) is 72.5. The molecule has 0 spiro atoms. The van der Waals surface area contributed by atoms with Crippen LogP contribution in [0.1, 0.15) is 80.4 Å². The quantitative estimate of drug-likeness (QED) is 0.115. The summed E-state index contributed by atoms with van der Waals surface area (Å²) in [6, 6.07) is 21.6. The van der Waals surface area contributed by atoms with Gasteiger partial charge in [-0.1, -0.05) is 62.4 Å². The van der Waals surface area contributed by atoms with Crippen molar-refractivity contribution in [1.82, 2.24) is 40.4 Å². The van der Waals surface area contributed by atoms with Gasteiger partial charge in [0.25, 0.3) is 5.91 Å². The zero-order valence-corrected chi connectivity index (χ0v) is 34.5. The summed E-state index contributed by atoms with van der Waals surface area (Å²) in [7, 11) is 2.57. The summed E-state index contributed by atoms with van der Waals surface area (Å²) < 4.78 is 16.1. The largest absolute Gasteiger partial charge is 0.488 e. The van der Waals surface area contributed by atoms with Crippen molar-refractivity contribution in [3.63, 3.8) is 0 Å². The molecule has 3 aliphatic rings. The van der Waals surface area contributed by atoms with Crippen LogP contribution in [0.25, 0.3) is 44.2 Å². The second-order valence-electron chi connectivity index (χ2n) is 16.2. The highest BCUT2D eigenvalue weighted by atomic mass is 16.5. The predicted octanol–water partition coefficient (Wildman–Crippen LogP) is 7.47. The molecule has 5 heterocycles. The SMILES string of the molecule is COC(=O)NC(C(=O)N1CCCC1c1nc2c(ccc3cc4c(cc32)OCc2cc(-c3cnc(C5CCCN5C(=O)C(NC(=O)OC)C(C)C)[nH]3)ccc2-4)[nH]1)c1ccccc1. The van der Waals surface area contributed by atoms with Gasteiger partial charge in [-0.2, -0.15) is 0 Å². The maximum atomic E-state index is 14.1. The Balaban J connectivity index is 0.959. The van der Waals surface area contributed by atoms with E-state index in [0.717, 1.165) is 81.2 Å². The van der Waals surface area contributed by atoms with Crippen molar-refractivity contribution in [1.29, 1.82) is 0 Å². The Bertz CT molecular complexity index is 2660. The number of imidazole rings is 2. The van der Waals surface area contributed by atoms with E-state index in [1.54, 1.807) is 11.1 Å². The molecule has 314 valence electrons. The fraction of sp³-hybridized carbons (Fsp3) is 0.348. The fourth-order valence-corrected chi connectivity index (χ4v) is 9.07. The Labute approximate surface area is 352 Å². The molecule has 0 saturated carbocycles. The average molecular weight is 825 g/mol. The number of rotatable bonds is 9. The van der Waals surface area contributed by atoms with Gasteiger partial charge in [0, 0.05) is 24.0 Å². The summed E-state index contributed by atoms with van der Waals surface area (Å²) >= 11 is 0. The molecule has 4 unspecified atom stereocenters. The van der Waals surface area contributed by atoms with Crippen LogP contribution in [-0.4, -0.2) is 87.1 Å². The Morgan fingerprint density at radius 3 is 2.26 bits per heavy atom. The standard InChI is InChI=1S/C46H48N8O7/c1-25(2)38(51-45(57)59-3)43(55)53-18-8-12-35(53)41-47-23-34(49-41)28-14-16-30-29(20-28)24-61-37-22-31-27(21-32(30)37)15-17-33-40(31)50-42(48-33)36-13-9-19-54(36)44(56)39(52-46(58)60-4)26-10-6-5-7-11-26/h5-7,10-11,14-17,20-23,25,35-36,38-39H,8-9,12-13,18-19,24H2,1-4H3,(H,47,49)(H,48,50)(H,51,57)(H,52,58). The van der Waals surface area contributed by atoms with Gasteiger partial charge < -0.3 is 44.6 Å². The Hall–Kier alpha value is -6.90. The smallest absolute Gasteiger partial charge is 0.407 e. The molecule has 4 aromatic carbocycles. The van der Waals surface area contributed by atoms with Crippen LogP contribution in [0.4, 0.5) is 9.59 Å². The maximum absolute atomic E-state index is 14.1. The number of hydrogen-bond donors (Lipinski definition) is 4. The van der Waals surface area contributed by atoms with Gasteiger partial charge >= 0.3 is 12.2 Å². The highest BCUT2D eigenvalue weighted by Crippen LogP contribution is 2.43. The van der Waals surface area contributed by atoms with Crippen LogP contribution in [0.3, 0.4) is 0 Å². The third kappa shape index (κ3) is 7.38. The number of likely N-dealkylation sites (tertiary alicyclic amines) is 2. The number of nitrogens with one attached hydrogen (secondary N) is 4. The minimum Gasteiger partial charge on any atom is -0.488 e. The van der Waals surface area contributed by atoms with E-state index in [0.29, 0.717) is 36.9 Å². The molecule has 4 N–H and O–H groups in total. The van der Waals surface area contributed by atoms with Crippen molar-refractivity contribution < 1.29 is 33.4 Å². The monoisotopic (exact) mass is 824 g/mol. The molecule has 2 fully saturated rings. The number of fused-ring (bicyclic) bond motifs is 6. The van der Waals surface area contributed by atoms with Crippen molar-refractivity contribution >= 4 is 45.8 Å². The van der Waals surface area contributed by atoms with E-state index in [-0.39, 0.29) is 29.8 Å². The predicted molar refractivity (Wildman–Crippen MR) is 227 cm³/mol. The van der Waals surface area contributed by atoms with Crippen molar-refractivity contribution in [2.75, 3.05) is 27.3 Å². The number of nitrogens with zero attached hydrogens (tertiary/aromatic N) is 4. The molecule has 15 nitrogen and oxygen atoms in total. The zero-order chi connectivity index (χ0) is 42.4. The lowest BCUT2D eigenvalue weighted by molar-refractivity contribution is -0.135. The molecule has 3 aliphatic heterocycles. The third-order valence-electron chi connectivity index (χ3n) is 12.2. The molecule has 0 bridgehead atoms. The van der Waals surface area contributed by atoms with Crippen LogP contribution >= 0.6 is 0 Å². The number of H-pyrrole nitrogens is 2. The van der Waals surface area contributed by atoms with Crippen molar-refractivity contribution in [2.45, 2.75) is 70.3 Å². The Morgan fingerprint density at radius 1 is 0.803 bits per heavy atom. The van der Waals surface area contributed by atoms with Gasteiger partial charge in [0.15, 0.2) is 0 Å². The first-order chi connectivity index (χ1) is 29.6.